The number of sulfone groups is 1. The van der Waals surface area contributed by atoms with Crippen molar-refractivity contribution in [1.29, 1.82) is 0 Å². The minimum Gasteiger partial charge on any atom is -0.391 e. The lowest BCUT2D eigenvalue weighted by Gasteiger charge is -2.27. The number of aliphatic hydroxyl groups excluding tert-OH is 1. The molecule has 0 saturated carbocycles. The summed E-state index contributed by atoms with van der Waals surface area (Å²) in [6.45, 7) is 2.95. The summed E-state index contributed by atoms with van der Waals surface area (Å²) in [5, 5.41) is 21.1. The number of rotatable bonds is 4. The Kier molecular flexibility index (Phi) is 3.34. The summed E-state index contributed by atoms with van der Waals surface area (Å²) in [6, 6.07) is 0. The Balaban J connectivity index is 2.84. The van der Waals surface area contributed by atoms with Gasteiger partial charge < -0.3 is 5.11 Å². The maximum absolute atomic E-state index is 11.5. The molecule has 92 valence electrons. The van der Waals surface area contributed by atoms with Gasteiger partial charge >= 0.3 is 0 Å². The second-order valence-electron chi connectivity index (χ2n) is 4.29. The van der Waals surface area contributed by atoms with E-state index in [9.17, 15) is 13.5 Å². The summed E-state index contributed by atoms with van der Waals surface area (Å²) in [6.07, 6.45) is 0.0977. The normalized spacial score (nSPS) is 15.1. The molecule has 1 N–H and O–H groups in total. The van der Waals surface area contributed by atoms with Crippen molar-refractivity contribution in [3.63, 3.8) is 0 Å². The Bertz CT molecular complexity index is 465. The molecule has 0 aromatic carbocycles. The maximum Gasteiger partial charge on any atom is 0.177 e. The Morgan fingerprint density at radius 3 is 2.44 bits per heavy atom. The molecule has 1 atom stereocenters. The quantitative estimate of drug-likeness (QED) is 0.729. The van der Waals surface area contributed by atoms with Crippen LogP contribution in [0.1, 0.15) is 19.7 Å². The molecule has 7 nitrogen and oxygen atoms in total. The van der Waals surface area contributed by atoms with Crippen molar-refractivity contribution in [2.45, 2.75) is 31.1 Å². The van der Waals surface area contributed by atoms with Gasteiger partial charge in [0.2, 0.25) is 0 Å². The van der Waals surface area contributed by atoms with Crippen LogP contribution in [-0.4, -0.2) is 50.8 Å². The molecular weight excluding hydrogens is 232 g/mol. The molecule has 16 heavy (non-hydrogen) atoms. The number of nitrogens with zero attached hydrogens (tertiary/aromatic N) is 4. The average Bonchev–Trinajstić information content (AvgIpc) is 2.49. The number of aromatic nitrogens is 4. The van der Waals surface area contributed by atoms with Gasteiger partial charge in [-0.3, -0.25) is 0 Å². The monoisotopic (exact) mass is 248 g/mol. The molecule has 0 aliphatic heterocycles. The van der Waals surface area contributed by atoms with Gasteiger partial charge in [0.15, 0.2) is 15.7 Å². The van der Waals surface area contributed by atoms with Crippen molar-refractivity contribution in [2.75, 3.05) is 6.26 Å². The van der Waals surface area contributed by atoms with E-state index in [1.54, 1.807) is 7.05 Å². The zero-order valence-electron chi connectivity index (χ0n) is 9.75. The molecule has 0 bridgehead atoms. The highest BCUT2D eigenvalue weighted by molar-refractivity contribution is 7.92. The summed E-state index contributed by atoms with van der Waals surface area (Å²) in [4.78, 5) is 1.26. The van der Waals surface area contributed by atoms with Crippen molar-refractivity contribution in [3.8, 4) is 0 Å². The largest absolute Gasteiger partial charge is 0.391 e. The molecule has 1 unspecified atom stereocenters. The SMILES string of the molecule is Cn1nnc(CC(O)C(C)(C)S(C)(=O)=O)n1. The van der Waals surface area contributed by atoms with E-state index in [0.717, 1.165) is 6.26 Å². The number of hydrogen-bond acceptors (Lipinski definition) is 6. The fourth-order valence-corrected chi connectivity index (χ4v) is 1.65. The Morgan fingerprint density at radius 2 is 2.06 bits per heavy atom. The lowest BCUT2D eigenvalue weighted by Crippen LogP contribution is -2.44. The van der Waals surface area contributed by atoms with Crippen LogP contribution >= 0.6 is 0 Å². The second kappa shape index (κ2) is 4.10. The molecule has 1 aromatic heterocycles. The number of hydrogen-bond donors (Lipinski definition) is 1. The molecule has 8 heteroatoms. The molecular formula is C8H16N4O3S. The van der Waals surface area contributed by atoms with E-state index in [1.165, 1.54) is 18.6 Å². The second-order valence-corrected chi connectivity index (χ2v) is 6.89. The molecule has 1 rings (SSSR count). The molecule has 1 aromatic rings. The zero-order valence-corrected chi connectivity index (χ0v) is 10.6. The van der Waals surface area contributed by atoms with Crippen LogP contribution in [0.25, 0.3) is 0 Å². The van der Waals surface area contributed by atoms with Crippen LogP contribution in [0.4, 0.5) is 0 Å². The van der Waals surface area contributed by atoms with Crippen LogP contribution < -0.4 is 0 Å². The maximum atomic E-state index is 11.5. The van der Waals surface area contributed by atoms with E-state index < -0.39 is 20.7 Å². The van der Waals surface area contributed by atoms with Crippen LogP contribution in [0.5, 0.6) is 0 Å². The van der Waals surface area contributed by atoms with E-state index in [2.05, 4.69) is 15.4 Å². The minimum absolute atomic E-state index is 0.0634. The highest BCUT2D eigenvalue weighted by Gasteiger charge is 2.38. The third-order valence-electron chi connectivity index (χ3n) is 2.68. The summed E-state index contributed by atoms with van der Waals surface area (Å²) >= 11 is 0. The average molecular weight is 248 g/mol. The summed E-state index contributed by atoms with van der Waals surface area (Å²) in [5.41, 5.74) is 0. The lowest BCUT2D eigenvalue weighted by atomic mass is 10.0. The lowest BCUT2D eigenvalue weighted by molar-refractivity contribution is 0.135. The Morgan fingerprint density at radius 1 is 1.50 bits per heavy atom. The van der Waals surface area contributed by atoms with Crippen LogP contribution in [0, 0.1) is 0 Å². The van der Waals surface area contributed by atoms with Gasteiger partial charge in [0.1, 0.15) is 0 Å². The molecule has 1 heterocycles. The van der Waals surface area contributed by atoms with Crippen LogP contribution in [0.15, 0.2) is 0 Å². The fourth-order valence-electron chi connectivity index (χ4n) is 1.07. The van der Waals surface area contributed by atoms with Gasteiger partial charge in [0, 0.05) is 12.7 Å². The van der Waals surface area contributed by atoms with Gasteiger partial charge in [0.25, 0.3) is 0 Å². The van der Waals surface area contributed by atoms with Gasteiger partial charge in [-0.1, -0.05) is 0 Å². The fraction of sp³-hybridized carbons (Fsp3) is 0.875. The molecule has 0 fully saturated rings. The molecule has 0 saturated heterocycles. The van der Waals surface area contributed by atoms with Gasteiger partial charge in [0.05, 0.1) is 17.9 Å². The van der Waals surface area contributed by atoms with E-state index in [-0.39, 0.29) is 6.42 Å². The third-order valence-corrected chi connectivity index (χ3v) is 4.87. The Labute approximate surface area is 94.4 Å². The first-order valence-corrected chi connectivity index (χ1v) is 6.64. The van der Waals surface area contributed by atoms with Gasteiger partial charge in [-0.15, -0.1) is 10.2 Å². The highest BCUT2D eigenvalue weighted by Crippen LogP contribution is 2.21. The molecule has 0 aliphatic rings. The predicted octanol–water partition coefficient (Wildman–Crippen LogP) is -1.06. The van der Waals surface area contributed by atoms with E-state index in [4.69, 9.17) is 0 Å². The van der Waals surface area contributed by atoms with Crippen LogP contribution in [0.3, 0.4) is 0 Å². The first-order valence-electron chi connectivity index (χ1n) is 4.75. The standard InChI is InChI=1S/C8H16N4O3S/c1-8(2,16(4,14)15)6(13)5-7-9-11-12(3)10-7/h6,13H,5H2,1-4H3. The zero-order chi connectivity index (χ0) is 12.6. The number of aryl methyl sites for hydroxylation is 1. The topological polar surface area (TPSA) is 98.0 Å². The predicted molar refractivity (Wildman–Crippen MR) is 57.4 cm³/mol. The molecule has 0 spiro atoms. The molecule has 0 amide bonds. The van der Waals surface area contributed by atoms with Crippen molar-refractivity contribution < 1.29 is 13.5 Å². The van der Waals surface area contributed by atoms with E-state index in [1.807, 2.05) is 0 Å². The van der Waals surface area contributed by atoms with Crippen molar-refractivity contribution in [2.24, 2.45) is 7.05 Å². The Hall–Kier alpha value is -1.02. The van der Waals surface area contributed by atoms with Crippen molar-refractivity contribution in [3.05, 3.63) is 5.82 Å². The first kappa shape index (κ1) is 13.0. The smallest absolute Gasteiger partial charge is 0.177 e. The van der Waals surface area contributed by atoms with Gasteiger partial charge in [-0.2, -0.15) is 4.80 Å². The summed E-state index contributed by atoms with van der Waals surface area (Å²) in [7, 11) is -1.75. The van der Waals surface area contributed by atoms with E-state index in [0.29, 0.717) is 5.82 Å². The highest BCUT2D eigenvalue weighted by atomic mass is 32.2. The first-order chi connectivity index (χ1) is 7.14. The van der Waals surface area contributed by atoms with Gasteiger partial charge in [-0.25, -0.2) is 8.42 Å². The van der Waals surface area contributed by atoms with Crippen LogP contribution in [0.2, 0.25) is 0 Å². The summed E-state index contributed by atoms with van der Waals surface area (Å²) in [5.74, 6) is 0.326. The van der Waals surface area contributed by atoms with Crippen molar-refractivity contribution >= 4 is 9.84 Å². The summed E-state index contributed by atoms with van der Waals surface area (Å²) < 4.78 is 21.7. The molecule has 0 aliphatic carbocycles. The minimum atomic E-state index is -3.35. The third kappa shape index (κ3) is 2.56. The van der Waals surface area contributed by atoms with Gasteiger partial charge in [-0.05, 0) is 19.1 Å². The van der Waals surface area contributed by atoms with Crippen molar-refractivity contribution in [1.82, 2.24) is 20.2 Å². The van der Waals surface area contributed by atoms with E-state index >= 15 is 0 Å². The number of tetrazole rings is 1. The molecule has 0 radical (unpaired) electrons. The number of aliphatic hydroxyl groups is 1. The van der Waals surface area contributed by atoms with Crippen LogP contribution in [-0.2, 0) is 23.3 Å².